The van der Waals surface area contributed by atoms with Crippen molar-refractivity contribution in [2.45, 2.75) is 63.8 Å². The highest BCUT2D eigenvalue weighted by atomic mass is 16.6. The molecule has 0 aromatic heterocycles. The molecule has 5 heteroatoms. The molecule has 2 aromatic rings. The van der Waals surface area contributed by atoms with E-state index in [1.165, 1.54) is 0 Å². The van der Waals surface area contributed by atoms with E-state index in [4.69, 9.17) is 9.47 Å². The molecule has 0 radical (unpaired) electrons. The molecule has 2 aliphatic carbocycles. The van der Waals surface area contributed by atoms with Gasteiger partial charge in [0.15, 0.2) is 0 Å². The number of benzene rings is 2. The molecule has 0 saturated heterocycles. The molecule has 0 bridgehead atoms. The molecular formula is C25H28O5. The summed E-state index contributed by atoms with van der Waals surface area (Å²) in [6, 6.07) is 15.2. The van der Waals surface area contributed by atoms with Crippen molar-refractivity contribution in [3.63, 3.8) is 0 Å². The number of carbonyl (C=O) groups is 2. The van der Waals surface area contributed by atoms with Crippen molar-refractivity contribution < 1.29 is 24.2 Å². The summed E-state index contributed by atoms with van der Waals surface area (Å²) >= 11 is 0. The van der Waals surface area contributed by atoms with E-state index in [-0.39, 0.29) is 5.92 Å². The second kappa shape index (κ2) is 7.55. The third-order valence-electron chi connectivity index (χ3n) is 6.02. The summed E-state index contributed by atoms with van der Waals surface area (Å²) < 4.78 is 11.4. The summed E-state index contributed by atoms with van der Waals surface area (Å²) in [7, 11) is 0. The molecule has 158 valence electrons. The van der Waals surface area contributed by atoms with E-state index < -0.39 is 28.9 Å². The molecule has 1 N–H and O–H groups in total. The second-order valence-electron chi connectivity index (χ2n) is 9.26. The van der Waals surface area contributed by atoms with Crippen LogP contribution in [0.25, 0.3) is 0 Å². The Morgan fingerprint density at radius 2 is 1.87 bits per heavy atom. The summed E-state index contributed by atoms with van der Waals surface area (Å²) in [4.78, 5) is 26.2. The lowest BCUT2D eigenvalue weighted by molar-refractivity contribution is -0.177. The Hall–Kier alpha value is -2.66. The number of rotatable bonds is 4. The highest BCUT2D eigenvalue weighted by Crippen LogP contribution is 2.52. The first-order valence-corrected chi connectivity index (χ1v) is 10.5. The molecule has 30 heavy (non-hydrogen) atoms. The van der Waals surface area contributed by atoms with Crippen molar-refractivity contribution in [3.8, 4) is 5.75 Å². The third-order valence-corrected chi connectivity index (χ3v) is 6.02. The van der Waals surface area contributed by atoms with Crippen LogP contribution < -0.4 is 4.74 Å². The molecule has 2 aromatic carbocycles. The van der Waals surface area contributed by atoms with Crippen LogP contribution in [-0.4, -0.2) is 28.1 Å². The summed E-state index contributed by atoms with van der Waals surface area (Å²) in [5.41, 5.74) is -0.603. The van der Waals surface area contributed by atoms with Crippen LogP contribution in [0.1, 0.15) is 67.4 Å². The highest BCUT2D eigenvalue weighted by Gasteiger charge is 2.60. The van der Waals surface area contributed by atoms with Crippen LogP contribution in [0.3, 0.4) is 0 Å². The zero-order valence-electron chi connectivity index (χ0n) is 17.7. The van der Waals surface area contributed by atoms with E-state index in [0.29, 0.717) is 24.3 Å². The lowest BCUT2D eigenvalue weighted by atomic mass is 9.67. The normalized spacial score (nSPS) is 25.4. The smallest absolute Gasteiger partial charge is 0.347 e. The van der Waals surface area contributed by atoms with Gasteiger partial charge >= 0.3 is 5.97 Å². The average molecular weight is 408 g/mol. The van der Waals surface area contributed by atoms with Crippen LogP contribution in [0.2, 0.25) is 0 Å². The van der Waals surface area contributed by atoms with Crippen molar-refractivity contribution >= 4 is 11.8 Å². The van der Waals surface area contributed by atoms with E-state index in [9.17, 15) is 14.7 Å². The lowest BCUT2D eigenvalue weighted by Gasteiger charge is -2.40. The molecule has 5 nitrogen and oxygen atoms in total. The molecule has 2 aliphatic rings. The number of carbonyl (C=O) groups excluding carboxylic acids is 2. The topological polar surface area (TPSA) is 72.8 Å². The van der Waals surface area contributed by atoms with Gasteiger partial charge in [-0.2, -0.15) is 0 Å². The number of Topliss-reactive ketones (excluding diaryl/α,β-unsaturated/α-hetero) is 1. The number of hydrogen-bond donors (Lipinski definition) is 1. The van der Waals surface area contributed by atoms with Gasteiger partial charge in [0.05, 0.1) is 0 Å². The van der Waals surface area contributed by atoms with Gasteiger partial charge < -0.3 is 14.6 Å². The molecule has 3 atom stereocenters. The SMILES string of the molecule is CC(C)(C)OC(=O)[C@@]1(O)C(=O)c2ccc(OCc3ccccc3)cc2[C@H]2CCC[C@H]21. The van der Waals surface area contributed by atoms with Gasteiger partial charge in [0.1, 0.15) is 18.0 Å². The quantitative estimate of drug-likeness (QED) is 0.599. The first-order chi connectivity index (χ1) is 14.2. The van der Waals surface area contributed by atoms with E-state index in [0.717, 1.165) is 24.0 Å². The van der Waals surface area contributed by atoms with Gasteiger partial charge in [-0.1, -0.05) is 36.8 Å². The van der Waals surface area contributed by atoms with Crippen molar-refractivity contribution in [2.75, 3.05) is 0 Å². The van der Waals surface area contributed by atoms with Crippen molar-refractivity contribution in [1.82, 2.24) is 0 Å². The largest absolute Gasteiger partial charge is 0.489 e. The first-order valence-electron chi connectivity index (χ1n) is 10.5. The fraction of sp³-hybridized carbons (Fsp3) is 0.440. The summed E-state index contributed by atoms with van der Waals surface area (Å²) in [5.74, 6) is -1.28. The highest BCUT2D eigenvalue weighted by molar-refractivity contribution is 6.17. The Kier molecular flexibility index (Phi) is 5.18. The Balaban J connectivity index is 1.65. The molecule has 0 unspecified atom stereocenters. The second-order valence-corrected chi connectivity index (χ2v) is 9.26. The molecule has 0 spiro atoms. The molecule has 0 amide bonds. The van der Waals surface area contributed by atoms with Crippen LogP contribution in [0.5, 0.6) is 5.75 Å². The van der Waals surface area contributed by atoms with Gasteiger partial charge in [-0.05, 0) is 68.9 Å². The van der Waals surface area contributed by atoms with Gasteiger partial charge in [-0.25, -0.2) is 4.79 Å². The zero-order valence-corrected chi connectivity index (χ0v) is 17.7. The van der Waals surface area contributed by atoms with Gasteiger partial charge in [-0.3, -0.25) is 4.79 Å². The van der Waals surface area contributed by atoms with Crippen LogP contribution in [-0.2, 0) is 16.1 Å². The summed E-state index contributed by atoms with van der Waals surface area (Å²) in [6.45, 7) is 5.64. The standard InChI is InChI=1S/C25H28O5/c1-24(2,3)30-23(27)25(28)21-11-7-10-18(21)20-14-17(12-13-19(20)22(25)26)29-15-16-8-5-4-6-9-16/h4-6,8-9,12-14,18,21,28H,7,10-11,15H2,1-3H3/t18-,21-,25+/m1/s1. The number of esters is 1. The van der Waals surface area contributed by atoms with Crippen LogP contribution in [0.15, 0.2) is 48.5 Å². The number of ether oxygens (including phenoxy) is 2. The minimum atomic E-state index is -2.13. The van der Waals surface area contributed by atoms with Crippen LogP contribution in [0.4, 0.5) is 0 Å². The molecule has 4 rings (SSSR count). The van der Waals surface area contributed by atoms with Gasteiger partial charge in [-0.15, -0.1) is 0 Å². The van der Waals surface area contributed by atoms with E-state index in [2.05, 4.69) is 0 Å². The molecular weight excluding hydrogens is 380 g/mol. The van der Waals surface area contributed by atoms with E-state index in [1.807, 2.05) is 36.4 Å². The maximum atomic E-state index is 13.3. The minimum absolute atomic E-state index is 0.0736. The molecule has 0 aliphatic heterocycles. The Labute approximate surface area is 177 Å². The number of hydrogen-bond acceptors (Lipinski definition) is 5. The number of ketones is 1. The summed E-state index contributed by atoms with van der Waals surface area (Å²) in [5, 5.41) is 11.4. The monoisotopic (exact) mass is 408 g/mol. The predicted molar refractivity (Wildman–Crippen MR) is 112 cm³/mol. The van der Waals surface area contributed by atoms with Gasteiger partial charge in [0, 0.05) is 11.5 Å². The van der Waals surface area contributed by atoms with E-state index >= 15 is 0 Å². The first kappa shape index (κ1) is 20.6. The van der Waals surface area contributed by atoms with E-state index in [1.54, 1.807) is 32.9 Å². The van der Waals surface area contributed by atoms with Crippen molar-refractivity contribution in [3.05, 3.63) is 65.2 Å². The van der Waals surface area contributed by atoms with Crippen LogP contribution in [0, 0.1) is 5.92 Å². The predicted octanol–water partition coefficient (Wildman–Crippen LogP) is 4.42. The maximum Gasteiger partial charge on any atom is 0.347 e. The minimum Gasteiger partial charge on any atom is -0.489 e. The fourth-order valence-corrected chi connectivity index (χ4v) is 4.69. The average Bonchev–Trinajstić information content (AvgIpc) is 3.20. The third kappa shape index (κ3) is 3.63. The number of fused-ring (bicyclic) bond motifs is 3. The number of aliphatic hydroxyl groups is 1. The van der Waals surface area contributed by atoms with Gasteiger partial charge in [0.2, 0.25) is 11.4 Å². The molecule has 1 fully saturated rings. The maximum absolute atomic E-state index is 13.3. The van der Waals surface area contributed by atoms with Crippen LogP contribution >= 0.6 is 0 Å². The zero-order chi connectivity index (χ0) is 21.5. The molecule has 0 heterocycles. The van der Waals surface area contributed by atoms with Crippen molar-refractivity contribution in [1.29, 1.82) is 0 Å². The van der Waals surface area contributed by atoms with Crippen molar-refractivity contribution in [2.24, 2.45) is 5.92 Å². The Morgan fingerprint density at radius 3 is 2.57 bits per heavy atom. The van der Waals surface area contributed by atoms with Gasteiger partial charge in [0.25, 0.3) is 0 Å². The fourth-order valence-electron chi connectivity index (χ4n) is 4.69. The Bertz CT molecular complexity index is 959. The summed E-state index contributed by atoms with van der Waals surface area (Å²) in [6.07, 6.45) is 2.28. The Morgan fingerprint density at radius 1 is 1.13 bits per heavy atom. The molecule has 1 saturated carbocycles. The lowest BCUT2D eigenvalue weighted by Crippen LogP contribution is -2.58.